The molecule has 1 rings (SSSR count). The highest BCUT2D eigenvalue weighted by molar-refractivity contribution is 7.99. The Morgan fingerprint density at radius 1 is 1.03 bits per heavy atom. The number of thioether (sulfide) groups is 1. The number of ether oxygens (including phenoxy) is 1. The number of carboxylic acid groups (broad SMARTS) is 1. The molecular weight excluding hydrogens is 400 g/mol. The van der Waals surface area contributed by atoms with E-state index in [-0.39, 0.29) is 6.03 Å². The molecule has 0 aliphatic carbocycles. The molecule has 0 aromatic rings. The highest BCUT2D eigenvalue weighted by atomic mass is 32.2. The fourth-order valence-electron chi connectivity index (χ4n) is 2.91. The second-order valence-electron chi connectivity index (χ2n) is 7.94. The average molecular weight is 439 g/mol. The third-order valence-electron chi connectivity index (χ3n) is 4.85. The van der Waals surface area contributed by atoms with Crippen molar-refractivity contribution in [3.05, 3.63) is 34.9 Å². The van der Waals surface area contributed by atoms with Gasteiger partial charge in [0.15, 0.2) is 0 Å². The van der Waals surface area contributed by atoms with Gasteiger partial charge in [-0.15, -0.1) is 0 Å². The van der Waals surface area contributed by atoms with Gasteiger partial charge in [-0.3, -0.25) is 0 Å². The summed E-state index contributed by atoms with van der Waals surface area (Å²) in [6, 6.07) is -1.21. The summed E-state index contributed by atoms with van der Waals surface area (Å²) in [5.41, 5.74) is 4.10. The molecule has 1 atom stereocenters. The SMILES string of the molecule is CC(C)=CCCC(C)=CCCC(C)=CCSCC(NC(=O)N1CCOCC1)C(=O)O. The van der Waals surface area contributed by atoms with E-state index < -0.39 is 12.0 Å². The van der Waals surface area contributed by atoms with Gasteiger partial charge in [0, 0.05) is 24.6 Å². The normalized spacial score (nSPS) is 16.2. The zero-order valence-corrected chi connectivity index (χ0v) is 19.7. The second-order valence-corrected chi connectivity index (χ2v) is 9.01. The van der Waals surface area contributed by atoms with Gasteiger partial charge in [0.2, 0.25) is 0 Å². The Labute approximate surface area is 185 Å². The van der Waals surface area contributed by atoms with Crippen LogP contribution in [0, 0.1) is 0 Å². The van der Waals surface area contributed by atoms with Crippen LogP contribution in [0.4, 0.5) is 4.79 Å². The smallest absolute Gasteiger partial charge is 0.327 e. The van der Waals surface area contributed by atoms with E-state index in [4.69, 9.17) is 4.74 Å². The summed E-state index contributed by atoms with van der Waals surface area (Å²) in [6.45, 7) is 10.5. The minimum Gasteiger partial charge on any atom is -0.480 e. The van der Waals surface area contributed by atoms with Gasteiger partial charge in [0.05, 0.1) is 13.2 Å². The Morgan fingerprint density at radius 2 is 1.63 bits per heavy atom. The first kappa shape index (κ1) is 26.3. The molecule has 1 unspecified atom stereocenters. The molecule has 6 nitrogen and oxygen atoms in total. The molecule has 1 aliphatic rings. The minimum absolute atomic E-state index is 0.329. The van der Waals surface area contributed by atoms with Crippen molar-refractivity contribution in [1.29, 1.82) is 0 Å². The predicted octanol–water partition coefficient (Wildman–Crippen LogP) is 4.63. The highest BCUT2D eigenvalue weighted by Crippen LogP contribution is 2.13. The van der Waals surface area contributed by atoms with Gasteiger partial charge < -0.3 is 20.1 Å². The molecule has 0 aromatic heterocycles. The largest absolute Gasteiger partial charge is 0.480 e. The maximum Gasteiger partial charge on any atom is 0.327 e. The van der Waals surface area contributed by atoms with Crippen LogP contribution in [0.1, 0.15) is 53.4 Å². The van der Waals surface area contributed by atoms with Gasteiger partial charge in [-0.05, 0) is 53.4 Å². The maximum atomic E-state index is 12.2. The summed E-state index contributed by atoms with van der Waals surface area (Å²) in [5, 5.41) is 12.0. The van der Waals surface area contributed by atoms with Crippen molar-refractivity contribution in [1.82, 2.24) is 10.2 Å². The zero-order chi connectivity index (χ0) is 22.4. The van der Waals surface area contributed by atoms with Gasteiger partial charge in [-0.1, -0.05) is 34.9 Å². The van der Waals surface area contributed by atoms with Crippen LogP contribution in [-0.4, -0.2) is 65.9 Å². The molecule has 0 spiro atoms. The van der Waals surface area contributed by atoms with Crippen LogP contribution in [0.25, 0.3) is 0 Å². The van der Waals surface area contributed by atoms with Crippen molar-refractivity contribution in [3.8, 4) is 0 Å². The van der Waals surface area contributed by atoms with Gasteiger partial charge in [-0.25, -0.2) is 9.59 Å². The first-order valence-corrected chi connectivity index (χ1v) is 11.8. The lowest BCUT2D eigenvalue weighted by Gasteiger charge is -2.28. The van der Waals surface area contributed by atoms with Crippen LogP contribution in [0.5, 0.6) is 0 Å². The Morgan fingerprint density at radius 3 is 2.23 bits per heavy atom. The minimum atomic E-state index is -1.00. The number of hydrogen-bond acceptors (Lipinski definition) is 4. The summed E-state index contributed by atoms with van der Waals surface area (Å²) in [4.78, 5) is 25.3. The van der Waals surface area contributed by atoms with Gasteiger partial charge >= 0.3 is 12.0 Å². The molecule has 1 aliphatic heterocycles. The summed E-state index contributed by atoms with van der Waals surface area (Å²) in [7, 11) is 0. The number of amides is 2. The summed E-state index contributed by atoms with van der Waals surface area (Å²) in [5.74, 6) is 0.0868. The Hall–Kier alpha value is -1.73. The molecule has 1 heterocycles. The molecule has 0 radical (unpaired) electrons. The maximum absolute atomic E-state index is 12.2. The number of nitrogens with zero attached hydrogens (tertiary/aromatic N) is 1. The Kier molecular flexibility index (Phi) is 13.3. The number of carboxylic acids is 1. The zero-order valence-electron chi connectivity index (χ0n) is 18.9. The molecule has 30 heavy (non-hydrogen) atoms. The van der Waals surface area contributed by atoms with E-state index in [0.717, 1.165) is 31.4 Å². The Bertz CT molecular complexity index is 633. The number of allylic oxidation sites excluding steroid dienone is 5. The summed E-state index contributed by atoms with van der Waals surface area (Å²) < 4.78 is 5.22. The van der Waals surface area contributed by atoms with Gasteiger partial charge in [0.25, 0.3) is 0 Å². The fourth-order valence-corrected chi connectivity index (χ4v) is 3.91. The summed E-state index contributed by atoms with van der Waals surface area (Å²) >= 11 is 1.52. The van der Waals surface area contributed by atoms with Crippen molar-refractivity contribution in [2.75, 3.05) is 37.8 Å². The number of rotatable bonds is 12. The van der Waals surface area contributed by atoms with Crippen LogP contribution < -0.4 is 5.32 Å². The van der Waals surface area contributed by atoms with Gasteiger partial charge in [0.1, 0.15) is 6.04 Å². The molecule has 7 heteroatoms. The van der Waals surface area contributed by atoms with E-state index in [1.165, 1.54) is 28.5 Å². The van der Waals surface area contributed by atoms with Crippen molar-refractivity contribution in [3.63, 3.8) is 0 Å². The van der Waals surface area contributed by atoms with Crippen molar-refractivity contribution >= 4 is 23.8 Å². The van der Waals surface area contributed by atoms with Crippen molar-refractivity contribution in [2.45, 2.75) is 59.4 Å². The van der Waals surface area contributed by atoms with Gasteiger partial charge in [-0.2, -0.15) is 11.8 Å². The lowest BCUT2D eigenvalue weighted by molar-refractivity contribution is -0.138. The van der Waals surface area contributed by atoms with E-state index in [9.17, 15) is 14.7 Å². The number of hydrogen-bond donors (Lipinski definition) is 2. The first-order valence-electron chi connectivity index (χ1n) is 10.7. The second kappa shape index (κ2) is 15.1. The standard InChI is InChI=1S/C23H38N2O4S/c1-18(2)7-5-8-19(3)9-6-10-20(4)11-16-30-17-21(22(26)27)24-23(28)25-12-14-29-15-13-25/h7,9,11,21H,5-6,8,10,12-17H2,1-4H3,(H,24,28)(H,26,27). The number of nitrogens with one attached hydrogen (secondary N) is 1. The third kappa shape index (κ3) is 12.1. The van der Waals surface area contributed by atoms with Crippen molar-refractivity contribution in [2.24, 2.45) is 0 Å². The van der Waals surface area contributed by atoms with Crippen LogP contribution in [0.3, 0.4) is 0 Å². The van der Waals surface area contributed by atoms with Crippen LogP contribution >= 0.6 is 11.8 Å². The summed E-state index contributed by atoms with van der Waals surface area (Å²) in [6.07, 6.45) is 11.0. The molecule has 2 N–H and O–H groups in total. The van der Waals surface area contributed by atoms with Crippen LogP contribution in [0.15, 0.2) is 34.9 Å². The topological polar surface area (TPSA) is 78.9 Å². The van der Waals surface area contributed by atoms with E-state index in [1.54, 1.807) is 4.90 Å². The lowest BCUT2D eigenvalue weighted by Crippen LogP contribution is -2.52. The Balaban J connectivity index is 2.30. The molecule has 170 valence electrons. The number of urea groups is 1. The molecule has 0 saturated carbocycles. The monoisotopic (exact) mass is 438 g/mol. The number of carbonyl (C=O) groups is 2. The average Bonchev–Trinajstić information content (AvgIpc) is 2.70. The molecule has 0 bridgehead atoms. The predicted molar refractivity (Wildman–Crippen MR) is 125 cm³/mol. The van der Waals surface area contributed by atoms with Crippen LogP contribution in [-0.2, 0) is 9.53 Å². The number of carbonyl (C=O) groups excluding carboxylic acids is 1. The first-order chi connectivity index (χ1) is 14.3. The number of morpholine rings is 1. The molecule has 0 aromatic carbocycles. The van der Waals surface area contributed by atoms with E-state index in [2.05, 4.69) is 51.2 Å². The van der Waals surface area contributed by atoms with E-state index >= 15 is 0 Å². The van der Waals surface area contributed by atoms with E-state index in [0.29, 0.717) is 32.1 Å². The molecule has 2 amide bonds. The quantitative estimate of drug-likeness (QED) is 0.343. The van der Waals surface area contributed by atoms with Crippen LogP contribution in [0.2, 0.25) is 0 Å². The van der Waals surface area contributed by atoms with Crippen molar-refractivity contribution < 1.29 is 19.4 Å². The molecule has 1 fully saturated rings. The number of aliphatic carboxylic acids is 1. The van der Waals surface area contributed by atoms with E-state index in [1.807, 2.05) is 0 Å². The lowest BCUT2D eigenvalue weighted by atomic mass is 10.1. The molecule has 1 saturated heterocycles. The third-order valence-corrected chi connectivity index (χ3v) is 5.82. The fraction of sp³-hybridized carbons (Fsp3) is 0.652. The molecular formula is C23H38N2O4S. The highest BCUT2D eigenvalue weighted by Gasteiger charge is 2.24.